The predicted octanol–water partition coefficient (Wildman–Crippen LogP) is 1.26. The van der Waals surface area contributed by atoms with E-state index in [2.05, 4.69) is 0 Å². The first-order valence-electron chi connectivity index (χ1n) is 7.31. The van der Waals surface area contributed by atoms with Gasteiger partial charge in [0.25, 0.3) is 0 Å². The number of methoxy groups -OCH3 is 1. The zero-order valence-corrected chi connectivity index (χ0v) is 13.2. The van der Waals surface area contributed by atoms with Crippen LogP contribution in [0.1, 0.15) is 25.8 Å². The molecule has 1 fully saturated rings. The summed E-state index contributed by atoms with van der Waals surface area (Å²) in [4.78, 5) is 13.2. The van der Waals surface area contributed by atoms with Crippen molar-refractivity contribution in [3.63, 3.8) is 0 Å². The van der Waals surface area contributed by atoms with Crippen molar-refractivity contribution in [3.8, 4) is 11.5 Å². The Hall–Kier alpha value is -1.79. The minimum Gasteiger partial charge on any atom is -0.497 e. The molecule has 1 N–H and O–H groups in total. The fourth-order valence-electron chi connectivity index (χ4n) is 3.25. The molecule has 1 amide bonds. The van der Waals surface area contributed by atoms with Crippen LogP contribution in [0.5, 0.6) is 11.5 Å². The molecular weight excluding hydrogens is 286 g/mol. The maximum Gasteiger partial charge on any atom is 0.219 e. The van der Waals surface area contributed by atoms with Crippen LogP contribution in [-0.2, 0) is 15.1 Å². The molecule has 2 heterocycles. The first kappa shape index (κ1) is 15.1. The molecule has 6 heteroatoms. The van der Waals surface area contributed by atoms with Gasteiger partial charge >= 0.3 is 0 Å². The van der Waals surface area contributed by atoms with Crippen molar-refractivity contribution in [3.05, 3.63) is 23.8 Å². The molecule has 0 aromatic heterocycles. The second-order valence-corrected chi connectivity index (χ2v) is 6.01. The molecule has 22 heavy (non-hydrogen) atoms. The van der Waals surface area contributed by atoms with Crippen molar-refractivity contribution in [2.45, 2.75) is 44.3 Å². The molecular formula is C16H21NO5. The van der Waals surface area contributed by atoms with Crippen molar-refractivity contribution in [1.82, 2.24) is 4.90 Å². The highest BCUT2D eigenvalue weighted by molar-refractivity contribution is 5.73. The Labute approximate surface area is 129 Å². The summed E-state index contributed by atoms with van der Waals surface area (Å²) in [7, 11) is 3.27. The molecule has 0 spiro atoms. The molecule has 1 saturated heterocycles. The first-order chi connectivity index (χ1) is 10.4. The highest BCUT2D eigenvalue weighted by Crippen LogP contribution is 2.48. The molecule has 0 saturated carbocycles. The minimum atomic E-state index is -0.945. The lowest BCUT2D eigenvalue weighted by Gasteiger charge is -2.51. The van der Waals surface area contributed by atoms with Crippen molar-refractivity contribution < 1.29 is 24.1 Å². The number of aliphatic hydroxyl groups excluding tert-OH is 1. The minimum absolute atomic E-state index is 0.0986. The number of likely N-dealkylation sites (N-methyl/N-ethyl adjacent to an activating group) is 1. The second-order valence-electron chi connectivity index (χ2n) is 6.01. The van der Waals surface area contributed by atoms with Gasteiger partial charge in [-0.2, -0.15) is 0 Å². The van der Waals surface area contributed by atoms with Crippen LogP contribution in [0.15, 0.2) is 18.2 Å². The summed E-state index contributed by atoms with van der Waals surface area (Å²) in [5.41, 5.74) is -0.211. The summed E-state index contributed by atoms with van der Waals surface area (Å²) in [6.07, 6.45) is -0.910. The first-order valence-corrected chi connectivity index (χ1v) is 7.31. The third-order valence-corrected chi connectivity index (χ3v) is 4.71. The SMILES string of the molecule is COc1ccc2c(c1)C1(C)OC(CC(N(C)C(C)=O)C1O)O2. The molecule has 0 aliphatic carbocycles. The van der Waals surface area contributed by atoms with E-state index in [1.807, 2.05) is 25.1 Å². The van der Waals surface area contributed by atoms with Gasteiger partial charge in [-0.1, -0.05) is 0 Å². The second kappa shape index (κ2) is 5.14. The van der Waals surface area contributed by atoms with Gasteiger partial charge in [0, 0.05) is 26.0 Å². The molecule has 6 nitrogen and oxygen atoms in total. The average molecular weight is 307 g/mol. The van der Waals surface area contributed by atoms with Crippen LogP contribution in [0.3, 0.4) is 0 Å². The average Bonchev–Trinajstić information content (AvgIpc) is 2.50. The van der Waals surface area contributed by atoms with Crippen molar-refractivity contribution >= 4 is 5.91 Å². The molecule has 2 aliphatic rings. The van der Waals surface area contributed by atoms with Gasteiger partial charge in [-0.3, -0.25) is 4.79 Å². The maximum atomic E-state index is 11.7. The number of hydrogen-bond donors (Lipinski definition) is 1. The Kier molecular flexibility index (Phi) is 3.53. The topological polar surface area (TPSA) is 68.2 Å². The summed E-state index contributed by atoms with van der Waals surface area (Å²) < 4.78 is 17.0. The van der Waals surface area contributed by atoms with Gasteiger partial charge in [-0.25, -0.2) is 0 Å². The number of amides is 1. The van der Waals surface area contributed by atoms with E-state index < -0.39 is 18.0 Å². The standard InChI is InChI=1S/C16H21NO5/c1-9(18)17(3)12-8-14-21-13-6-5-10(20-4)7-11(13)16(2,22-14)15(12)19/h5-7,12,14-15,19H,8H2,1-4H3. The molecule has 120 valence electrons. The number of nitrogens with zero attached hydrogens (tertiary/aromatic N) is 1. The van der Waals surface area contributed by atoms with Crippen LogP contribution in [-0.4, -0.2) is 48.5 Å². The molecule has 1 aromatic rings. The smallest absolute Gasteiger partial charge is 0.219 e. The van der Waals surface area contributed by atoms with E-state index in [9.17, 15) is 9.90 Å². The quantitative estimate of drug-likeness (QED) is 0.891. The lowest BCUT2D eigenvalue weighted by atomic mass is 9.80. The zero-order valence-electron chi connectivity index (χ0n) is 13.2. The Morgan fingerprint density at radius 3 is 2.86 bits per heavy atom. The van der Waals surface area contributed by atoms with Crippen LogP contribution < -0.4 is 9.47 Å². The van der Waals surface area contributed by atoms with E-state index in [0.29, 0.717) is 17.9 Å². The maximum absolute atomic E-state index is 11.7. The third-order valence-electron chi connectivity index (χ3n) is 4.71. The molecule has 0 radical (unpaired) electrons. The van der Waals surface area contributed by atoms with Crippen LogP contribution in [0.2, 0.25) is 0 Å². The molecule has 4 unspecified atom stereocenters. The van der Waals surface area contributed by atoms with Crippen LogP contribution >= 0.6 is 0 Å². The fraction of sp³-hybridized carbons (Fsp3) is 0.562. The number of carbonyl (C=O) groups is 1. The Bertz CT molecular complexity index is 604. The van der Waals surface area contributed by atoms with Crippen molar-refractivity contribution in [2.75, 3.05) is 14.2 Å². The van der Waals surface area contributed by atoms with Crippen molar-refractivity contribution in [2.24, 2.45) is 0 Å². The highest BCUT2D eigenvalue weighted by Gasteiger charge is 2.53. The summed E-state index contributed by atoms with van der Waals surface area (Å²) in [6.45, 7) is 3.31. The number of fused-ring (bicyclic) bond motifs is 4. The monoisotopic (exact) mass is 307 g/mol. The number of benzene rings is 1. The number of ether oxygens (including phenoxy) is 3. The fourth-order valence-corrected chi connectivity index (χ4v) is 3.25. The Morgan fingerprint density at radius 2 is 2.23 bits per heavy atom. The predicted molar refractivity (Wildman–Crippen MR) is 78.7 cm³/mol. The molecule has 3 rings (SSSR count). The summed E-state index contributed by atoms with van der Waals surface area (Å²) in [5, 5.41) is 10.9. The summed E-state index contributed by atoms with van der Waals surface area (Å²) in [6, 6.07) is 5.09. The van der Waals surface area contributed by atoms with E-state index >= 15 is 0 Å². The molecule has 2 aliphatic heterocycles. The van der Waals surface area contributed by atoms with E-state index in [0.717, 1.165) is 5.56 Å². The normalized spacial score (nSPS) is 32.7. The van der Waals surface area contributed by atoms with Gasteiger partial charge in [-0.05, 0) is 25.1 Å². The Balaban J connectivity index is 2.04. The van der Waals surface area contributed by atoms with Crippen LogP contribution in [0.25, 0.3) is 0 Å². The van der Waals surface area contributed by atoms with Gasteiger partial charge in [0.1, 0.15) is 23.2 Å². The number of hydrogen-bond acceptors (Lipinski definition) is 5. The molecule has 2 bridgehead atoms. The third kappa shape index (κ3) is 2.14. The lowest BCUT2D eigenvalue weighted by Crippen LogP contribution is -2.62. The molecule has 4 atom stereocenters. The van der Waals surface area contributed by atoms with Gasteiger partial charge in [-0.15, -0.1) is 0 Å². The van der Waals surface area contributed by atoms with E-state index in [4.69, 9.17) is 14.2 Å². The number of rotatable bonds is 2. The zero-order chi connectivity index (χ0) is 16.1. The van der Waals surface area contributed by atoms with Gasteiger partial charge in [0.15, 0.2) is 0 Å². The van der Waals surface area contributed by atoms with Gasteiger partial charge < -0.3 is 24.2 Å². The van der Waals surface area contributed by atoms with Gasteiger partial charge in [0.05, 0.1) is 13.2 Å². The highest BCUT2D eigenvalue weighted by atomic mass is 16.7. The van der Waals surface area contributed by atoms with E-state index in [1.165, 1.54) is 6.92 Å². The Morgan fingerprint density at radius 1 is 1.50 bits per heavy atom. The summed E-state index contributed by atoms with van der Waals surface area (Å²) >= 11 is 0. The number of carbonyl (C=O) groups excluding carboxylic acids is 1. The largest absolute Gasteiger partial charge is 0.497 e. The van der Waals surface area contributed by atoms with Crippen LogP contribution in [0, 0.1) is 0 Å². The number of aliphatic hydroxyl groups is 1. The van der Waals surface area contributed by atoms with Crippen molar-refractivity contribution in [1.29, 1.82) is 0 Å². The van der Waals surface area contributed by atoms with Crippen LogP contribution in [0.4, 0.5) is 0 Å². The molecule has 1 aromatic carbocycles. The van der Waals surface area contributed by atoms with E-state index in [1.54, 1.807) is 19.1 Å². The lowest BCUT2D eigenvalue weighted by molar-refractivity contribution is -0.273. The van der Waals surface area contributed by atoms with E-state index in [-0.39, 0.29) is 11.9 Å². The summed E-state index contributed by atoms with van der Waals surface area (Å²) in [5.74, 6) is 1.25. The van der Waals surface area contributed by atoms with Gasteiger partial charge in [0.2, 0.25) is 12.2 Å².